The molecule has 0 fully saturated rings. The summed E-state index contributed by atoms with van der Waals surface area (Å²) in [4.78, 5) is 10.3. The second-order valence-electron chi connectivity index (χ2n) is 4.42. The number of hydrogen-bond acceptors (Lipinski definition) is 4. The summed E-state index contributed by atoms with van der Waals surface area (Å²) in [6.45, 7) is 4.28. The van der Waals surface area contributed by atoms with Crippen LogP contribution in [0.5, 0.6) is 0 Å². The number of benzene rings is 1. The van der Waals surface area contributed by atoms with Crippen LogP contribution < -0.4 is 5.32 Å². The zero-order valence-corrected chi connectivity index (χ0v) is 11.3. The molecular weight excluding hydrogens is 288 g/mol. The summed E-state index contributed by atoms with van der Waals surface area (Å²) in [6.07, 6.45) is 0. The third-order valence-corrected chi connectivity index (χ3v) is 3.04. The van der Waals surface area contributed by atoms with Gasteiger partial charge in [0.2, 0.25) is 0 Å². The zero-order chi connectivity index (χ0) is 13.1. The van der Waals surface area contributed by atoms with Gasteiger partial charge < -0.3 is 10.4 Å². The normalized spacial score (nSPS) is 11.5. The first-order valence-electron chi connectivity index (χ1n) is 5.16. The topological polar surface area (TPSA) is 75.4 Å². The van der Waals surface area contributed by atoms with Crippen molar-refractivity contribution in [3.63, 3.8) is 0 Å². The molecular formula is C11H15BrN2O3. The highest BCUT2D eigenvalue weighted by atomic mass is 79.9. The van der Waals surface area contributed by atoms with Gasteiger partial charge in [0.05, 0.1) is 15.0 Å². The molecule has 5 nitrogen and oxygen atoms in total. The summed E-state index contributed by atoms with van der Waals surface area (Å²) in [5.74, 6) is 0. The molecule has 1 aromatic carbocycles. The highest BCUT2D eigenvalue weighted by Crippen LogP contribution is 2.28. The van der Waals surface area contributed by atoms with Gasteiger partial charge in [-0.1, -0.05) is 12.1 Å². The van der Waals surface area contributed by atoms with Crippen molar-refractivity contribution in [3.8, 4) is 0 Å². The van der Waals surface area contributed by atoms with Crippen LogP contribution in [0.25, 0.3) is 0 Å². The number of nitro benzene ring substituents is 1. The van der Waals surface area contributed by atoms with Gasteiger partial charge in [-0.2, -0.15) is 0 Å². The Bertz CT molecular complexity index is 416. The molecule has 0 unspecified atom stereocenters. The number of nitro groups is 1. The van der Waals surface area contributed by atoms with Crippen molar-refractivity contribution in [2.24, 2.45) is 0 Å². The first kappa shape index (κ1) is 14.1. The zero-order valence-electron chi connectivity index (χ0n) is 9.74. The molecule has 17 heavy (non-hydrogen) atoms. The minimum Gasteiger partial charge on any atom is -0.389 e. The van der Waals surface area contributed by atoms with Gasteiger partial charge in [-0.05, 0) is 35.3 Å². The number of rotatable bonds is 5. The van der Waals surface area contributed by atoms with Crippen molar-refractivity contribution in [1.82, 2.24) is 5.32 Å². The van der Waals surface area contributed by atoms with Crippen LogP contribution in [0.1, 0.15) is 19.4 Å². The van der Waals surface area contributed by atoms with E-state index >= 15 is 0 Å². The fourth-order valence-corrected chi connectivity index (χ4v) is 1.90. The summed E-state index contributed by atoms with van der Waals surface area (Å²) in [5, 5.41) is 23.3. The van der Waals surface area contributed by atoms with Crippen LogP contribution in [0.15, 0.2) is 22.7 Å². The van der Waals surface area contributed by atoms with E-state index in [2.05, 4.69) is 21.2 Å². The molecule has 0 aliphatic heterocycles. The van der Waals surface area contributed by atoms with E-state index in [1.165, 1.54) is 6.07 Å². The Morgan fingerprint density at radius 1 is 1.53 bits per heavy atom. The monoisotopic (exact) mass is 302 g/mol. The Balaban J connectivity index is 2.72. The number of halogens is 1. The summed E-state index contributed by atoms with van der Waals surface area (Å²) in [6, 6.07) is 4.89. The molecule has 0 aromatic heterocycles. The lowest BCUT2D eigenvalue weighted by Crippen LogP contribution is -2.34. The molecule has 0 radical (unpaired) electrons. The smallest absolute Gasteiger partial charge is 0.283 e. The Hall–Kier alpha value is -0.980. The second kappa shape index (κ2) is 5.57. The Kier molecular flexibility index (Phi) is 4.62. The maximum atomic E-state index is 10.7. The Morgan fingerprint density at radius 3 is 2.71 bits per heavy atom. The van der Waals surface area contributed by atoms with Gasteiger partial charge in [0.15, 0.2) is 0 Å². The van der Waals surface area contributed by atoms with Gasteiger partial charge in [0.1, 0.15) is 0 Å². The number of hydrogen-bond donors (Lipinski definition) is 2. The molecule has 6 heteroatoms. The van der Waals surface area contributed by atoms with Crippen LogP contribution in [0.3, 0.4) is 0 Å². The molecule has 94 valence electrons. The molecule has 0 heterocycles. The van der Waals surface area contributed by atoms with E-state index in [0.717, 1.165) is 5.56 Å². The van der Waals surface area contributed by atoms with Crippen LogP contribution in [-0.2, 0) is 6.54 Å². The molecule has 0 spiro atoms. The van der Waals surface area contributed by atoms with Crippen molar-refractivity contribution in [1.29, 1.82) is 0 Å². The van der Waals surface area contributed by atoms with Gasteiger partial charge in [-0.25, -0.2) is 0 Å². The average molecular weight is 303 g/mol. The predicted molar refractivity (Wildman–Crippen MR) is 68.8 cm³/mol. The van der Waals surface area contributed by atoms with E-state index in [1.54, 1.807) is 26.0 Å². The molecule has 0 saturated carbocycles. The summed E-state index contributed by atoms with van der Waals surface area (Å²) in [5.41, 5.74) is 0.0451. The molecule has 0 amide bonds. The van der Waals surface area contributed by atoms with Crippen molar-refractivity contribution in [3.05, 3.63) is 38.3 Å². The number of nitrogens with one attached hydrogen (secondary N) is 1. The largest absolute Gasteiger partial charge is 0.389 e. The first-order valence-corrected chi connectivity index (χ1v) is 5.95. The molecule has 0 atom stereocenters. The van der Waals surface area contributed by atoms with E-state index in [4.69, 9.17) is 0 Å². The fourth-order valence-electron chi connectivity index (χ4n) is 1.35. The standard InChI is InChI=1S/C11H15BrN2O3/c1-11(2,15)7-13-6-8-4-3-5-9(10(8)12)14(16)17/h3-5,13,15H,6-7H2,1-2H3. The van der Waals surface area contributed by atoms with Crippen LogP contribution in [0, 0.1) is 10.1 Å². The lowest BCUT2D eigenvalue weighted by Gasteiger charge is -2.17. The minimum atomic E-state index is -0.798. The molecule has 0 bridgehead atoms. The van der Waals surface area contributed by atoms with Gasteiger partial charge in [-0.3, -0.25) is 10.1 Å². The maximum Gasteiger partial charge on any atom is 0.283 e. The quantitative estimate of drug-likeness (QED) is 0.646. The highest BCUT2D eigenvalue weighted by Gasteiger charge is 2.16. The van der Waals surface area contributed by atoms with Gasteiger partial charge in [0, 0.05) is 19.2 Å². The summed E-state index contributed by atoms with van der Waals surface area (Å²) in [7, 11) is 0. The van der Waals surface area contributed by atoms with E-state index in [1.807, 2.05) is 0 Å². The lowest BCUT2D eigenvalue weighted by molar-refractivity contribution is -0.385. The van der Waals surface area contributed by atoms with Crippen molar-refractivity contribution in [2.45, 2.75) is 26.0 Å². The van der Waals surface area contributed by atoms with E-state index in [-0.39, 0.29) is 5.69 Å². The maximum absolute atomic E-state index is 10.7. The van der Waals surface area contributed by atoms with Crippen LogP contribution in [0.4, 0.5) is 5.69 Å². The van der Waals surface area contributed by atoms with Crippen molar-refractivity contribution < 1.29 is 10.0 Å². The van der Waals surface area contributed by atoms with E-state index in [0.29, 0.717) is 17.6 Å². The van der Waals surface area contributed by atoms with Gasteiger partial charge in [0.25, 0.3) is 5.69 Å². The Morgan fingerprint density at radius 2 is 2.18 bits per heavy atom. The van der Waals surface area contributed by atoms with E-state index < -0.39 is 10.5 Å². The number of aliphatic hydroxyl groups is 1. The predicted octanol–water partition coefficient (Wildman–Crippen LogP) is 2.22. The molecule has 0 saturated heterocycles. The third kappa shape index (κ3) is 4.41. The molecule has 2 N–H and O–H groups in total. The summed E-state index contributed by atoms with van der Waals surface area (Å²) >= 11 is 3.22. The fraction of sp³-hybridized carbons (Fsp3) is 0.455. The molecule has 0 aliphatic carbocycles. The Labute approximate surface area is 108 Å². The number of nitrogens with zero attached hydrogens (tertiary/aromatic N) is 1. The first-order chi connectivity index (χ1) is 7.81. The minimum absolute atomic E-state index is 0.0487. The van der Waals surface area contributed by atoms with Crippen molar-refractivity contribution in [2.75, 3.05) is 6.54 Å². The summed E-state index contributed by atoms with van der Waals surface area (Å²) < 4.78 is 0.480. The van der Waals surface area contributed by atoms with Crippen LogP contribution in [0.2, 0.25) is 0 Å². The lowest BCUT2D eigenvalue weighted by atomic mass is 10.1. The second-order valence-corrected chi connectivity index (χ2v) is 5.22. The van der Waals surface area contributed by atoms with Crippen LogP contribution in [-0.4, -0.2) is 22.2 Å². The highest BCUT2D eigenvalue weighted by molar-refractivity contribution is 9.10. The molecule has 1 aromatic rings. The average Bonchev–Trinajstić information content (AvgIpc) is 2.18. The molecule has 1 rings (SSSR count). The van der Waals surface area contributed by atoms with Crippen LogP contribution >= 0.6 is 15.9 Å². The third-order valence-electron chi connectivity index (χ3n) is 2.13. The molecule has 0 aliphatic rings. The van der Waals surface area contributed by atoms with Crippen molar-refractivity contribution >= 4 is 21.6 Å². The van der Waals surface area contributed by atoms with E-state index in [9.17, 15) is 15.2 Å². The van der Waals surface area contributed by atoms with Gasteiger partial charge >= 0.3 is 0 Å². The van der Waals surface area contributed by atoms with Gasteiger partial charge in [-0.15, -0.1) is 0 Å². The SMILES string of the molecule is CC(C)(O)CNCc1cccc([N+](=O)[O-])c1Br.